The minimum absolute atomic E-state index is 0.273. The molecule has 6 heteroatoms. The molecule has 2 saturated heterocycles. The monoisotopic (exact) mass is 422 g/mol. The number of ether oxygens (including phenoxy) is 3. The van der Waals surface area contributed by atoms with Gasteiger partial charge in [-0.05, 0) is 56.0 Å². The van der Waals surface area contributed by atoms with Crippen molar-refractivity contribution in [2.24, 2.45) is 0 Å². The molecule has 118 valence electrons. The van der Waals surface area contributed by atoms with E-state index in [1.54, 1.807) is 0 Å². The van der Waals surface area contributed by atoms with E-state index in [-0.39, 0.29) is 5.75 Å². The summed E-state index contributed by atoms with van der Waals surface area (Å²) in [6.45, 7) is 5.39. The number of aryl methyl sites for hydroxylation is 1. The van der Waals surface area contributed by atoms with Crippen molar-refractivity contribution in [3.63, 3.8) is 0 Å². The molecule has 2 atom stereocenters. The van der Waals surface area contributed by atoms with Crippen LogP contribution in [0.5, 0.6) is 5.75 Å². The maximum absolute atomic E-state index is 9.41. The Labute approximate surface area is 142 Å². The highest BCUT2D eigenvalue weighted by atomic mass is 79.9. The molecule has 2 fully saturated rings. The molecule has 0 aromatic heterocycles. The number of aromatic hydroxyl groups is 1. The van der Waals surface area contributed by atoms with Gasteiger partial charge in [-0.1, -0.05) is 13.3 Å². The lowest BCUT2D eigenvalue weighted by atomic mass is 10.1. The summed E-state index contributed by atoms with van der Waals surface area (Å²) in [6, 6.07) is 3.90. The van der Waals surface area contributed by atoms with Gasteiger partial charge in [0.15, 0.2) is 0 Å². The first-order valence-electron chi connectivity index (χ1n) is 7.08. The summed E-state index contributed by atoms with van der Waals surface area (Å²) in [5, 5.41) is 9.41. The molecule has 2 unspecified atom stereocenters. The van der Waals surface area contributed by atoms with Crippen molar-refractivity contribution in [1.29, 1.82) is 0 Å². The van der Waals surface area contributed by atoms with Crippen molar-refractivity contribution in [2.75, 3.05) is 26.4 Å². The van der Waals surface area contributed by atoms with Crippen LogP contribution in [0.15, 0.2) is 21.1 Å². The Morgan fingerprint density at radius 1 is 1.14 bits per heavy atom. The number of hydrogen-bond acceptors (Lipinski definition) is 4. The molecule has 1 N–H and O–H groups in total. The molecule has 1 aromatic rings. The Bertz CT molecular complexity index is 424. The van der Waals surface area contributed by atoms with Gasteiger partial charge in [0.25, 0.3) is 0 Å². The minimum Gasteiger partial charge on any atom is -0.506 e. The van der Waals surface area contributed by atoms with E-state index in [4.69, 9.17) is 14.2 Å². The number of halogens is 2. The van der Waals surface area contributed by atoms with Crippen molar-refractivity contribution in [3.8, 4) is 5.75 Å². The van der Waals surface area contributed by atoms with Crippen LogP contribution in [0.1, 0.15) is 18.9 Å². The van der Waals surface area contributed by atoms with E-state index in [2.05, 4.69) is 38.8 Å². The summed E-state index contributed by atoms with van der Waals surface area (Å²) in [7, 11) is 0. The van der Waals surface area contributed by atoms with Crippen LogP contribution in [0.2, 0.25) is 0 Å². The van der Waals surface area contributed by atoms with Gasteiger partial charge in [0.2, 0.25) is 0 Å². The number of phenols is 1. The Morgan fingerprint density at radius 2 is 1.62 bits per heavy atom. The van der Waals surface area contributed by atoms with Crippen LogP contribution in [0.4, 0.5) is 0 Å². The van der Waals surface area contributed by atoms with Crippen molar-refractivity contribution in [2.45, 2.75) is 32.0 Å². The number of epoxide rings is 2. The second kappa shape index (κ2) is 8.48. The van der Waals surface area contributed by atoms with Gasteiger partial charge in [-0.2, -0.15) is 0 Å². The van der Waals surface area contributed by atoms with E-state index in [0.29, 0.717) is 12.2 Å². The number of hydrogen-bond donors (Lipinski definition) is 1. The average molecular weight is 424 g/mol. The first-order chi connectivity index (χ1) is 10.1. The zero-order valence-electron chi connectivity index (χ0n) is 12.0. The predicted octanol–water partition coefficient (Wildman–Crippen LogP) is 3.67. The van der Waals surface area contributed by atoms with Crippen molar-refractivity contribution in [1.82, 2.24) is 0 Å². The normalized spacial score (nSPS) is 22.4. The summed E-state index contributed by atoms with van der Waals surface area (Å²) < 4.78 is 16.6. The zero-order valence-corrected chi connectivity index (χ0v) is 15.2. The van der Waals surface area contributed by atoms with Crippen LogP contribution in [-0.2, 0) is 20.6 Å². The SMILES string of the molecule is C(OCC1CO1)C1CO1.CCCc1cc(Br)c(O)c(Br)c1. The van der Waals surface area contributed by atoms with Crippen LogP contribution in [0.3, 0.4) is 0 Å². The summed E-state index contributed by atoms with van der Waals surface area (Å²) in [4.78, 5) is 0. The second-order valence-electron chi connectivity index (χ2n) is 5.11. The quantitative estimate of drug-likeness (QED) is 0.709. The van der Waals surface area contributed by atoms with Gasteiger partial charge in [0, 0.05) is 0 Å². The van der Waals surface area contributed by atoms with E-state index < -0.39 is 0 Å². The molecule has 4 nitrogen and oxygen atoms in total. The fraction of sp³-hybridized carbons (Fsp3) is 0.600. The first kappa shape index (κ1) is 17.2. The van der Waals surface area contributed by atoms with Gasteiger partial charge in [0.05, 0.1) is 35.4 Å². The zero-order chi connectivity index (χ0) is 15.2. The van der Waals surface area contributed by atoms with Gasteiger partial charge in [0.1, 0.15) is 18.0 Å². The van der Waals surface area contributed by atoms with Gasteiger partial charge in [-0.15, -0.1) is 0 Å². The maximum atomic E-state index is 9.41. The second-order valence-corrected chi connectivity index (χ2v) is 6.81. The fourth-order valence-electron chi connectivity index (χ4n) is 1.71. The molecule has 21 heavy (non-hydrogen) atoms. The lowest BCUT2D eigenvalue weighted by Gasteiger charge is -2.04. The van der Waals surface area contributed by atoms with Gasteiger partial charge in [-0.3, -0.25) is 0 Å². The molecular formula is C15H20Br2O4. The van der Waals surface area contributed by atoms with Crippen LogP contribution in [-0.4, -0.2) is 43.7 Å². The van der Waals surface area contributed by atoms with E-state index in [9.17, 15) is 5.11 Å². The first-order valence-corrected chi connectivity index (χ1v) is 8.66. The van der Waals surface area contributed by atoms with Crippen molar-refractivity contribution < 1.29 is 19.3 Å². The molecule has 2 heterocycles. The average Bonchev–Trinajstić information content (AvgIpc) is 3.32. The molecule has 2 aliphatic heterocycles. The molecule has 0 radical (unpaired) electrons. The molecule has 3 rings (SSSR count). The molecule has 0 amide bonds. The largest absolute Gasteiger partial charge is 0.506 e. The summed E-state index contributed by atoms with van der Waals surface area (Å²) in [5.74, 6) is 0.273. The third-order valence-corrected chi connectivity index (χ3v) is 4.24. The molecular weight excluding hydrogens is 404 g/mol. The summed E-state index contributed by atoms with van der Waals surface area (Å²) in [5.41, 5.74) is 1.23. The fourth-order valence-corrected chi connectivity index (χ4v) is 2.99. The highest BCUT2D eigenvalue weighted by molar-refractivity contribution is 9.11. The third-order valence-electron chi connectivity index (χ3n) is 3.03. The third kappa shape index (κ3) is 6.65. The Kier molecular flexibility index (Phi) is 6.95. The molecule has 0 aliphatic carbocycles. The highest BCUT2D eigenvalue weighted by Crippen LogP contribution is 2.33. The van der Waals surface area contributed by atoms with E-state index in [0.717, 1.165) is 48.2 Å². The molecule has 0 spiro atoms. The van der Waals surface area contributed by atoms with Crippen LogP contribution in [0.25, 0.3) is 0 Å². The maximum Gasteiger partial charge on any atom is 0.143 e. The standard InChI is InChI=1S/C9H10Br2O.C6H10O3/c1-2-3-6-4-7(10)9(12)8(11)5-6;1(5-3-8-5)7-2-6-4-9-6/h4-5,12H,2-3H2,1H3;5-6H,1-4H2. The van der Waals surface area contributed by atoms with Crippen LogP contribution >= 0.6 is 31.9 Å². The molecule has 0 saturated carbocycles. The lowest BCUT2D eigenvalue weighted by molar-refractivity contribution is 0.102. The van der Waals surface area contributed by atoms with Crippen LogP contribution in [0, 0.1) is 0 Å². The van der Waals surface area contributed by atoms with Crippen LogP contribution < -0.4 is 0 Å². The van der Waals surface area contributed by atoms with E-state index >= 15 is 0 Å². The lowest BCUT2D eigenvalue weighted by Crippen LogP contribution is -2.06. The minimum atomic E-state index is 0.273. The molecule has 1 aromatic carbocycles. The Balaban J connectivity index is 0.000000159. The topological polar surface area (TPSA) is 54.5 Å². The Morgan fingerprint density at radius 3 is 2.00 bits per heavy atom. The number of rotatable bonds is 6. The molecule has 2 aliphatic rings. The van der Waals surface area contributed by atoms with Crippen molar-refractivity contribution >= 4 is 31.9 Å². The summed E-state index contributed by atoms with van der Waals surface area (Å²) in [6.07, 6.45) is 2.94. The summed E-state index contributed by atoms with van der Waals surface area (Å²) >= 11 is 6.57. The molecule has 0 bridgehead atoms. The highest BCUT2D eigenvalue weighted by Gasteiger charge is 2.26. The van der Waals surface area contributed by atoms with Crippen molar-refractivity contribution in [3.05, 3.63) is 26.6 Å². The van der Waals surface area contributed by atoms with E-state index in [1.807, 2.05) is 12.1 Å². The predicted molar refractivity (Wildman–Crippen MR) is 87.8 cm³/mol. The van der Waals surface area contributed by atoms with Gasteiger partial charge < -0.3 is 19.3 Å². The number of benzene rings is 1. The van der Waals surface area contributed by atoms with E-state index in [1.165, 1.54) is 5.56 Å². The van der Waals surface area contributed by atoms with Gasteiger partial charge in [-0.25, -0.2) is 0 Å². The van der Waals surface area contributed by atoms with Gasteiger partial charge >= 0.3 is 0 Å². The Hall–Kier alpha value is -0.140. The smallest absolute Gasteiger partial charge is 0.143 e. The number of phenolic OH excluding ortho intramolecular Hbond substituents is 1.